The molecular formula is C20H23F6N3O5. The van der Waals surface area contributed by atoms with E-state index in [9.17, 15) is 41.0 Å². The molecule has 0 aromatic heterocycles. The van der Waals surface area contributed by atoms with Crippen molar-refractivity contribution in [1.29, 1.82) is 0 Å². The number of carbonyl (C=O) groups excluding carboxylic acids is 2. The van der Waals surface area contributed by atoms with Crippen LogP contribution >= 0.6 is 0 Å². The van der Waals surface area contributed by atoms with Gasteiger partial charge in [0, 0.05) is 11.3 Å². The Labute approximate surface area is 190 Å². The van der Waals surface area contributed by atoms with E-state index in [0.29, 0.717) is 12.1 Å². The SMILES string of the molecule is CC(C)(C)OC(=O)NC1=NCC(F)(F)[C@@](C)(c2cc(NC(=O)[C@@](C)(O)C(F)(F)F)ccc2F)O1. The number of nitrogens with one attached hydrogen (secondary N) is 2. The molecule has 0 fully saturated rings. The number of rotatable bonds is 3. The van der Waals surface area contributed by atoms with Crippen LogP contribution in [0, 0.1) is 5.82 Å². The van der Waals surface area contributed by atoms with Gasteiger partial charge in [0.25, 0.3) is 11.9 Å². The van der Waals surface area contributed by atoms with Crippen LogP contribution in [-0.4, -0.2) is 53.0 Å². The number of halogens is 6. The maximum Gasteiger partial charge on any atom is 0.426 e. The number of ether oxygens (including phenoxy) is 2. The van der Waals surface area contributed by atoms with Gasteiger partial charge in [-0.05, 0) is 52.8 Å². The van der Waals surface area contributed by atoms with Crippen molar-refractivity contribution in [3.63, 3.8) is 0 Å². The van der Waals surface area contributed by atoms with Crippen molar-refractivity contribution in [2.45, 2.75) is 63.5 Å². The number of alkyl halides is 5. The lowest BCUT2D eigenvalue weighted by molar-refractivity contribution is -0.242. The molecule has 8 nitrogen and oxygen atoms in total. The number of hydrogen-bond acceptors (Lipinski definition) is 6. The Hall–Kier alpha value is -3.03. The van der Waals surface area contributed by atoms with Crippen LogP contribution in [0.1, 0.15) is 40.2 Å². The van der Waals surface area contributed by atoms with Crippen LogP contribution in [0.25, 0.3) is 0 Å². The molecule has 0 radical (unpaired) electrons. The van der Waals surface area contributed by atoms with Gasteiger partial charge in [-0.2, -0.15) is 22.0 Å². The number of hydrogen-bond donors (Lipinski definition) is 3. The third-order valence-corrected chi connectivity index (χ3v) is 4.76. The largest absolute Gasteiger partial charge is 0.447 e. The predicted octanol–water partition coefficient (Wildman–Crippen LogP) is 3.84. The molecule has 34 heavy (non-hydrogen) atoms. The molecule has 2 amide bonds. The number of anilines is 1. The van der Waals surface area contributed by atoms with Gasteiger partial charge in [-0.25, -0.2) is 19.5 Å². The molecule has 1 heterocycles. The standard InChI is InChI=1S/C20H23F6N3O5/c1-16(2,3)34-15(31)29-14-27-9-19(22,23)18(5,33-14)11-8-10(6-7-12(11)21)28-13(30)17(4,32)20(24,25)26/h6-8,32H,9H2,1-5H3,(H,28,30)(H,27,29,31)/t17-,18-/m1/s1. The predicted molar refractivity (Wildman–Crippen MR) is 107 cm³/mol. The number of aliphatic hydroxyl groups is 1. The monoisotopic (exact) mass is 499 g/mol. The molecule has 1 aromatic rings. The number of amidine groups is 1. The van der Waals surface area contributed by atoms with Crippen LogP contribution in [0.15, 0.2) is 23.2 Å². The van der Waals surface area contributed by atoms with E-state index in [2.05, 4.69) is 4.99 Å². The molecule has 0 saturated carbocycles. The quantitative estimate of drug-likeness (QED) is 0.548. The molecule has 3 N–H and O–H groups in total. The summed E-state index contributed by atoms with van der Waals surface area (Å²) in [4.78, 5) is 27.3. The topological polar surface area (TPSA) is 109 Å². The lowest BCUT2D eigenvalue weighted by Crippen LogP contribution is -2.55. The second kappa shape index (κ2) is 8.64. The summed E-state index contributed by atoms with van der Waals surface area (Å²) >= 11 is 0. The van der Waals surface area contributed by atoms with Crippen molar-refractivity contribution in [3.8, 4) is 0 Å². The van der Waals surface area contributed by atoms with Gasteiger partial charge >= 0.3 is 18.2 Å². The Kier molecular flexibility index (Phi) is 6.91. The van der Waals surface area contributed by atoms with Crippen LogP contribution < -0.4 is 10.6 Å². The number of carbonyl (C=O) groups is 2. The van der Waals surface area contributed by atoms with E-state index in [0.717, 1.165) is 13.0 Å². The molecule has 190 valence electrons. The lowest BCUT2D eigenvalue weighted by atomic mass is 9.87. The summed E-state index contributed by atoms with van der Waals surface area (Å²) in [5, 5.41) is 13.2. The van der Waals surface area contributed by atoms with Crippen molar-refractivity contribution in [2.75, 3.05) is 11.9 Å². The molecule has 2 atom stereocenters. The second-order valence-corrected chi connectivity index (χ2v) is 8.81. The molecule has 0 unspecified atom stereocenters. The zero-order valence-electron chi connectivity index (χ0n) is 18.7. The second-order valence-electron chi connectivity index (χ2n) is 8.81. The third kappa shape index (κ3) is 5.54. The average Bonchev–Trinajstić information content (AvgIpc) is 2.64. The minimum Gasteiger partial charge on any atom is -0.447 e. The van der Waals surface area contributed by atoms with E-state index in [4.69, 9.17) is 9.47 Å². The van der Waals surface area contributed by atoms with E-state index < -0.39 is 70.5 Å². The molecule has 0 aliphatic carbocycles. The van der Waals surface area contributed by atoms with Crippen LogP contribution in [0.3, 0.4) is 0 Å². The summed E-state index contributed by atoms with van der Waals surface area (Å²) in [5.41, 5.74) is -8.95. The number of alkyl carbamates (subject to hydrolysis) is 1. The van der Waals surface area contributed by atoms with Crippen LogP contribution in [0.4, 0.5) is 36.8 Å². The molecule has 14 heteroatoms. The number of aliphatic imine (C=N–C) groups is 1. The normalized spacial score (nSPS) is 22.1. The zero-order valence-corrected chi connectivity index (χ0v) is 18.7. The summed E-state index contributed by atoms with van der Waals surface area (Å²) in [6.45, 7) is 4.35. The van der Waals surface area contributed by atoms with Crippen LogP contribution in [0.5, 0.6) is 0 Å². The Balaban J connectivity index is 2.38. The first kappa shape index (κ1) is 27.2. The van der Waals surface area contributed by atoms with E-state index in [1.807, 2.05) is 5.32 Å². The van der Waals surface area contributed by atoms with Crippen molar-refractivity contribution in [2.24, 2.45) is 4.99 Å². The van der Waals surface area contributed by atoms with Crippen molar-refractivity contribution < 1.29 is 50.5 Å². The first-order valence-electron chi connectivity index (χ1n) is 9.71. The van der Waals surface area contributed by atoms with Gasteiger partial charge in [0.1, 0.15) is 18.0 Å². The van der Waals surface area contributed by atoms with Gasteiger partial charge in [-0.15, -0.1) is 0 Å². The third-order valence-electron chi connectivity index (χ3n) is 4.76. The van der Waals surface area contributed by atoms with Gasteiger partial charge in [0.2, 0.25) is 11.2 Å². The van der Waals surface area contributed by atoms with E-state index in [1.165, 1.54) is 0 Å². The Bertz CT molecular complexity index is 1000. The summed E-state index contributed by atoms with van der Waals surface area (Å²) in [6.07, 6.45) is -6.43. The van der Waals surface area contributed by atoms with E-state index in [-0.39, 0.29) is 6.92 Å². The van der Waals surface area contributed by atoms with Gasteiger partial charge in [-0.1, -0.05) is 0 Å². The Morgan fingerprint density at radius 1 is 1.15 bits per heavy atom. The first-order chi connectivity index (χ1) is 15.2. The molecule has 1 aliphatic rings. The Morgan fingerprint density at radius 2 is 1.74 bits per heavy atom. The molecular weight excluding hydrogens is 476 g/mol. The van der Waals surface area contributed by atoms with Crippen LogP contribution in [-0.2, 0) is 19.9 Å². The fourth-order valence-corrected chi connectivity index (χ4v) is 2.68. The van der Waals surface area contributed by atoms with Crippen molar-refractivity contribution >= 4 is 23.7 Å². The van der Waals surface area contributed by atoms with Gasteiger partial charge < -0.3 is 19.9 Å². The first-order valence-corrected chi connectivity index (χ1v) is 9.71. The van der Waals surface area contributed by atoms with E-state index in [1.54, 1.807) is 26.1 Å². The van der Waals surface area contributed by atoms with Gasteiger partial charge in [0.15, 0.2) is 0 Å². The Morgan fingerprint density at radius 3 is 2.26 bits per heavy atom. The highest BCUT2D eigenvalue weighted by Gasteiger charge is 2.58. The van der Waals surface area contributed by atoms with Gasteiger partial charge in [-0.3, -0.25) is 4.79 Å². The molecule has 1 aromatic carbocycles. The van der Waals surface area contributed by atoms with Crippen LogP contribution in [0.2, 0.25) is 0 Å². The minimum atomic E-state index is -5.34. The maximum absolute atomic E-state index is 14.8. The summed E-state index contributed by atoms with van der Waals surface area (Å²) in [7, 11) is 0. The van der Waals surface area contributed by atoms with E-state index >= 15 is 0 Å². The summed E-state index contributed by atoms with van der Waals surface area (Å²) in [6, 6.07) is 1.34. The summed E-state index contributed by atoms with van der Waals surface area (Å²) in [5.74, 6) is -7.03. The number of benzene rings is 1. The number of nitrogens with zero attached hydrogens (tertiary/aromatic N) is 1. The fourth-order valence-electron chi connectivity index (χ4n) is 2.68. The molecule has 1 aliphatic heterocycles. The summed E-state index contributed by atoms with van der Waals surface area (Å²) < 4.78 is 93.0. The average molecular weight is 499 g/mol. The van der Waals surface area contributed by atoms with Crippen molar-refractivity contribution in [1.82, 2.24) is 5.32 Å². The number of amides is 2. The highest BCUT2D eigenvalue weighted by atomic mass is 19.4. The zero-order chi connectivity index (χ0) is 26.3. The van der Waals surface area contributed by atoms with Gasteiger partial charge in [0.05, 0.1) is 0 Å². The smallest absolute Gasteiger partial charge is 0.426 e. The van der Waals surface area contributed by atoms with Crippen molar-refractivity contribution in [3.05, 3.63) is 29.6 Å². The molecule has 0 bridgehead atoms. The maximum atomic E-state index is 14.8. The fraction of sp³-hybridized carbons (Fsp3) is 0.550. The highest BCUT2D eigenvalue weighted by Crippen LogP contribution is 2.45. The highest BCUT2D eigenvalue weighted by molar-refractivity contribution is 5.97. The lowest BCUT2D eigenvalue weighted by Gasteiger charge is -2.40. The molecule has 0 spiro atoms. The minimum absolute atomic E-state index is 0.192. The molecule has 2 rings (SSSR count). The molecule has 0 saturated heterocycles.